The van der Waals surface area contributed by atoms with Gasteiger partial charge in [0.15, 0.2) is 0 Å². The van der Waals surface area contributed by atoms with E-state index in [4.69, 9.17) is 9.94 Å². The topological polar surface area (TPSA) is 73.8 Å². The molecule has 0 saturated heterocycles. The van der Waals surface area contributed by atoms with E-state index in [0.29, 0.717) is 4.65 Å². The Morgan fingerprint density at radius 1 is 1.04 bits per heavy atom. The lowest BCUT2D eigenvalue weighted by Crippen LogP contribution is -2.47. The molecule has 23 heavy (non-hydrogen) atoms. The van der Waals surface area contributed by atoms with Crippen molar-refractivity contribution in [2.45, 2.75) is 25.7 Å². The minimum atomic E-state index is -0.910. The third-order valence-corrected chi connectivity index (χ3v) is 3.95. The Kier molecular flexibility index (Phi) is 13.3. The summed E-state index contributed by atoms with van der Waals surface area (Å²) in [7, 11) is 8.03. The highest BCUT2D eigenvalue weighted by atomic mass is 16.7. The Morgan fingerprint density at radius 2 is 1.61 bits per heavy atom. The van der Waals surface area contributed by atoms with Gasteiger partial charge >= 0.3 is 5.97 Å². The van der Waals surface area contributed by atoms with E-state index >= 15 is 0 Å². The van der Waals surface area contributed by atoms with Crippen LogP contribution in [0.4, 0.5) is 0 Å². The third-order valence-electron chi connectivity index (χ3n) is 3.95. The monoisotopic (exact) mass is 333 g/mol. The van der Waals surface area contributed by atoms with Gasteiger partial charge in [-0.15, -0.1) is 0 Å². The molecule has 0 aliphatic heterocycles. The maximum absolute atomic E-state index is 10.8. The lowest BCUT2D eigenvalue weighted by molar-refractivity contribution is -1.09. The summed E-state index contributed by atoms with van der Waals surface area (Å²) in [5.41, 5.74) is 0. The summed E-state index contributed by atoms with van der Waals surface area (Å²) in [6.07, 6.45) is 4.27. The van der Waals surface area contributed by atoms with E-state index in [1.807, 2.05) is 21.1 Å². The van der Waals surface area contributed by atoms with Gasteiger partial charge in [-0.25, -0.2) is 4.79 Å². The normalized spacial score (nSPS) is 14.1. The van der Waals surface area contributed by atoms with Crippen LogP contribution in [0.5, 0.6) is 0 Å². The van der Waals surface area contributed by atoms with Crippen LogP contribution < -0.4 is 10.6 Å². The molecule has 1 atom stereocenters. The second-order valence-corrected chi connectivity index (χ2v) is 6.34. The zero-order valence-corrected chi connectivity index (χ0v) is 15.4. The van der Waals surface area contributed by atoms with E-state index in [1.54, 1.807) is 0 Å². The van der Waals surface area contributed by atoms with Crippen molar-refractivity contribution in [1.29, 1.82) is 0 Å². The van der Waals surface area contributed by atoms with Crippen LogP contribution in [0.1, 0.15) is 25.7 Å². The van der Waals surface area contributed by atoms with Gasteiger partial charge in [-0.3, -0.25) is 0 Å². The summed E-state index contributed by atoms with van der Waals surface area (Å²) in [4.78, 5) is 18.7. The van der Waals surface area contributed by atoms with E-state index in [2.05, 4.69) is 22.6 Å². The van der Waals surface area contributed by atoms with Crippen LogP contribution in [0, 0.1) is 0 Å². The summed E-state index contributed by atoms with van der Waals surface area (Å²) in [5.74, 6) is -0.910. The summed E-state index contributed by atoms with van der Waals surface area (Å²) < 4.78 is 0.372. The van der Waals surface area contributed by atoms with Gasteiger partial charge in [0.1, 0.15) is 13.1 Å². The Morgan fingerprint density at radius 3 is 2.22 bits per heavy atom. The summed E-state index contributed by atoms with van der Waals surface area (Å²) >= 11 is 0. The molecule has 0 fully saturated rings. The van der Waals surface area contributed by atoms with Gasteiger partial charge < -0.3 is 20.6 Å². The molecule has 7 heteroatoms. The minimum absolute atomic E-state index is 0.236. The van der Waals surface area contributed by atoms with Crippen LogP contribution in [-0.4, -0.2) is 94.7 Å². The number of nitrogens with one attached hydrogen (secondary N) is 2. The summed E-state index contributed by atoms with van der Waals surface area (Å²) in [6, 6.07) is 0. The fraction of sp³-hybridized carbons (Fsp3) is 0.938. The Hall–Kier alpha value is -0.730. The van der Waals surface area contributed by atoms with Crippen LogP contribution >= 0.6 is 0 Å². The van der Waals surface area contributed by atoms with Crippen LogP contribution in [-0.2, 0) is 9.63 Å². The van der Waals surface area contributed by atoms with E-state index < -0.39 is 5.97 Å². The second kappa shape index (κ2) is 13.7. The third kappa shape index (κ3) is 13.4. The largest absolute Gasteiger partial charge is 0.479 e. The predicted molar refractivity (Wildman–Crippen MR) is 93.3 cm³/mol. The van der Waals surface area contributed by atoms with Gasteiger partial charge in [0, 0.05) is 19.4 Å². The van der Waals surface area contributed by atoms with Gasteiger partial charge in [-0.1, -0.05) is 0 Å². The number of unbranched alkanes of at least 4 members (excludes halogenated alkanes) is 1. The number of aliphatic carboxylic acids is 1. The van der Waals surface area contributed by atoms with Crippen molar-refractivity contribution >= 4 is 5.97 Å². The molecular weight excluding hydrogens is 296 g/mol. The molecule has 0 spiro atoms. The zero-order valence-electron chi connectivity index (χ0n) is 15.4. The molecule has 0 saturated carbocycles. The molecule has 0 heterocycles. The molecule has 7 nitrogen and oxygen atoms in total. The minimum Gasteiger partial charge on any atom is -0.479 e. The first-order chi connectivity index (χ1) is 10.9. The highest BCUT2D eigenvalue weighted by Gasteiger charge is 2.24. The van der Waals surface area contributed by atoms with Crippen LogP contribution in [0.25, 0.3) is 0 Å². The SMILES string of the molecule is CNCCCN(C)CCCC[N+](C)(CCCNC)OCC(=O)O. The fourth-order valence-electron chi connectivity index (χ4n) is 2.51. The number of carbonyl (C=O) groups is 1. The molecular formula is C16H37N4O3+. The molecule has 0 aliphatic rings. The number of quaternary nitrogens is 1. The van der Waals surface area contributed by atoms with Crippen LogP contribution in [0.15, 0.2) is 0 Å². The van der Waals surface area contributed by atoms with Gasteiger partial charge in [0.05, 0.1) is 7.05 Å². The molecule has 0 amide bonds. The molecule has 0 aromatic heterocycles. The number of rotatable bonds is 16. The highest BCUT2D eigenvalue weighted by molar-refractivity contribution is 5.67. The van der Waals surface area contributed by atoms with Gasteiger partial charge in [0.25, 0.3) is 0 Å². The predicted octanol–water partition coefficient (Wildman–Crippen LogP) is 0.380. The van der Waals surface area contributed by atoms with Crippen molar-refractivity contribution in [3.05, 3.63) is 0 Å². The molecule has 0 aromatic rings. The first-order valence-electron chi connectivity index (χ1n) is 8.62. The summed E-state index contributed by atoms with van der Waals surface area (Å²) in [6.45, 7) is 5.57. The van der Waals surface area contributed by atoms with E-state index in [9.17, 15) is 4.79 Å². The molecule has 3 N–H and O–H groups in total. The summed E-state index contributed by atoms with van der Waals surface area (Å²) in [5, 5.41) is 15.1. The van der Waals surface area contributed by atoms with E-state index in [0.717, 1.165) is 65.0 Å². The average Bonchev–Trinajstić information content (AvgIpc) is 2.50. The van der Waals surface area contributed by atoms with Crippen molar-refractivity contribution in [2.24, 2.45) is 0 Å². The maximum Gasteiger partial charge on any atom is 0.336 e. The lowest BCUT2D eigenvalue weighted by atomic mass is 10.2. The quantitative estimate of drug-likeness (QED) is 0.215. The Balaban J connectivity index is 4.04. The number of carboxylic acid groups (broad SMARTS) is 1. The highest BCUT2D eigenvalue weighted by Crippen LogP contribution is 2.09. The van der Waals surface area contributed by atoms with Gasteiger partial charge in [0.2, 0.25) is 6.61 Å². The first-order valence-corrected chi connectivity index (χ1v) is 8.62. The molecule has 0 bridgehead atoms. The number of hydrogen-bond donors (Lipinski definition) is 3. The zero-order chi connectivity index (χ0) is 17.6. The molecule has 0 aromatic carbocycles. The number of hydroxylamine groups is 3. The van der Waals surface area contributed by atoms with Crippen molar-refractivity contribution in [3.63, 3.8) is 0 Å². The molecule has 0 radical (unpaired) electrons. The smallest absolute Gasteiger partial charge is 0.336 e. The first kappa shape index (κ1) is 22.3. The fourth-order valence-corrected chi connectivity index (χ4v) is 2.51. The number of carboxylic acids is 1. The molecule has 138 valence electrons. The number of nitrogens with zero attached hydrogens (tertiary/aromatic N) is 2. The van der Waals surface area contributed by atoms with E-state index in [1.165, 1.54) is 0 Å². The molecule has 1 unspecified atom stereocenters. The second-order valence-electron chi connectivity index (χ2n) is 6.34. The van der Waals surface area contributed by atoms with Gasteiger partial charge in [-0.05, 0) is 53.6 Å². The van der Waals surface area contributed by atoms with Crippen molar-refractivity contribution in [3.8, 4) is 0 Å². The molecule has 0 rings (SSSR count). The number of hydrogen-bond acceptors (Lipinski definition) is 5. The van der Waals surface area contributed by atoms with E-state index in [-0.39, 0.29) is 6.61 Å². The Bertz CT molecular complexity index is 305. The maximum atomic E-state index is 10.8. The van der Waals surface area contributed by atoms with Crippen molar-refractivity contribution < 1.29 is 19.4 Å². The average molecular weight is 333 g/mol. The van der Waals surface area contributed by atoms with Gasteiger partial charge in [-0.2, -0.15) is 9.48 Å². The van der Waals surface area contributed by atoms with Crippen LogP contribution in [0.2, 0.25) is 0 Å². The van der Waals surface area contributed by atoms with Crippen molar-refractivity contribution in [2.75, 3.05) is 74.1 Å². The Labute approximate surface area is 141 Å². The molecule has 0 aliphatic carbocycles. The standard InChI is InChI=1S/C16H36N4O3/c1-17-9-7-12-19(3)11-5-6-13-20(4,14-8-10-18-2)23-15-16(21)22/h17-18H,5-15H2,1-4H3/p+1. The van der Waals surface area contributed by atoms with Crippen molar-refractivity contribution in [1.82, 2.24) is 15.5 Å². The van der Waals surface area contributed by atoms with Crippen LogP contribution in [0.3, 0.4) is 0 Å². The lowest BCUT2D eigenvalue weighted by Gasteiger charge is -2.31.